The van der Waals surface area contributed by atoms with Crippen LogP contribution in [0.5, 0.6) is 5.75 Å². The Balaban J connectivity index is 1.33. The van der Waals surface area contributed by atoms with Gasteiger partial charge in [-0.1, -0.05) is 25.1 Å². The molecule has 0 unspecified atom stereocenters. The highest BCUT2D eigenvalue weighted by atomic mass is 16.5. The molecule has 136 valence electrons. The van der Waals surface area contributed by atoms with Gasteiger partial charge in [-0.3, -0.25) is 4.79 Å². The maximum Gasteiger partial charge on any atom is 0.250 e. The van der Waals surface area contributed by atoms with Gasteiger partial charge in [0, 0.05) is 38.3 Å². The highest BCUT2D eigenvalue weighted by Gasteiger charge is 2.17. The van der Waals surface area contributed by atoms with Gasteiger partial charge in [-0.05, 0) is 38.1 Å². The molecular weight excluding hydrogens is 314 g/mol. The average molecular weight is 343 g/mol. The van der Waals surface area contributed by atoms with E-state index in [4.69, 9.17) is 4.74 Å². The lowest BCUT2D eigenvalue weighted by Crippen LogP contribution is -2.46. The van der Waals surface area contributed by atoms with E-state index in [0.29, 0.717) is 12.2 Å². The summed E-state index contributed by atoms with van der Waals surface area (Å²) < 4.78 is 5.64. The molecule has 5 nitrogen and oxygen atoms in total. The van der Waals surface area contributed by atoms with Crippen molar-refractivity contribution in [2.75, 3.05) is 52.4 Å². The first kappa shape index (κ1) is 18.0. The molecule has 0 aliphatic carbocycles. The van der Waals surface area contributed by atoms with Crippen molar-refractivity contribution in [3.63, 3.8) is 0 Å². The fourth-order valence-electron chi connectivity index (χ4n) is 3.35. The Morgan fingerprint density at radius 2 is 1.88 bits per heavy atom. The zero-order valence-electron chi connectivity index (χ0n) is 15.2. The number of carbonyl (C=O) groups is 1. The summed E-state index contributed by atoms with van der Waals surface area (Å²) in [5, 5.41) is 3.02. The summed E-state index contributed by atoms with van der Waals surface area (Å²) in [6.07, 6.45) is 4.08. The van der Waals surface area contributed by atoms with Crippen molar-refractivity contribution in [1.82, 2.24) is 15.1 Å². The van der Waals surface area contributed by atoms with E-state index in [1.165, 1.54) is 26.2 Å². The molecule has 1 aromatic rings. The lowest BCUT2D eigenvalue weighted by Gasteiger charge is -2.33. The van der Waals surface area contributed by atoms with Gasteiger partial charge in [0.05, 0.1) is 5.57 Å². The number of rotatable bonds is 7. The quantitative estimate of drug-likeness (QED) is 0.769. The van der Waals surface area contributed by atoms with Crippen LogP contribution in [-0.4, -0.2) is 68.1 Å². The maximum atomic E-state index is 12.3. The zero-order chi connectivity index (χ0) is 17.5. The van der Waals surface area contributed by atoms with Crippen LogP contribution >= 0.6 is 0 Å². The summed E-state index contributed by atoms with van der Waals surface area (Å²) in [4.78, 5) is 17.3. The van der Waals surface area contributed by atoms with Crippen molar-refractivity contribution in [3.05, 3.63) is 35.4 Å². The summed E-state index contributed by atoms with van der Waals surface area (Å²) in [6, 6.07) is 7.81. The molecule has 1 N–H and O–H groups in total. The Morgan fingerprint density at radius 3 is 2.68 bits per heavy atom. The molecule has 1 fully saturated rings. The number of hydrogen-bond donors (Lipinski definition) is 1. The van der Waals surface area contributed by atoms with E-state index >= 15 is 0 Å². The first-order valence-electron chi connectivity index (χ1n) is 9.41. The number of nitrogens with one attached hydrogen (secondary N) is 1. The van der Waals surface area contributed by atoms with E-state index in [1.54, 1.807) is 0 Å². The number of carbonyl (C=O) groups excluding carboxylic acids is 1. The highest BCUT2D eigenvalue weighted by Crippen LogP contribution is 2.25. The Morgan fingerprint density at radius 1 is 1.12 bits per heavy atom. The fraction of sp³-hybridized carbons (Fsp3) is 0.550. The molecule has 0 saturated carbocycles. The largest absolute Gasteiger partial charge is 0.488 e. The van der Waals surface area contributed by atoms with Crippen molar-refractivity contribution >= 4 is 12.0 Å². The first-order valence-corrected chi connectivity index (χ1v) is 9.41. The van der Waals surface area contributed by atoms with Crippen LogP contribution in [0.25, 0.3) is 6.08 Å². The molecule has 0 bridgehead atoms. The van der Waals surface area contributed by atoms with Crippen molar-refractivity contribution in [2.24, 2.45) is 0 Å². The normalized spacial score (nSPS) is 18.2. The third-order valence-corrected chi connectivity index (χ3v) is 5.02. The molecule has 0 spiro atoms. The molecule has 3 rings (SSSR count). The van der Waals surface area contributed by atoms with E-state index < -0.39 is 0 Å². The van der Waals surface area contributed by atoms with Crippen LogP contribution in [0.4, 0.5) is 0 Å². The molecule has 1 amide bonds. The van der Waals surface area contributed by atoms with Gasteiger partial charge < -0.3 is 19.9 Å². The Labute approximate surface area is 150 Å². The number of nitrogens with zero attached hydrogens (tertiary/aromatic N) is 2. The van der Waals surface area contributed by atoms with Gasteiger partial charge in [-0.25, -0.2) is 0 Å². The third-order valence-electron chi connectivity index (χ3n) is 5.02. The second-order valence-corrected chi connectivity index (χ2v) is 6.73. The summed E-state index contributed by atoms with van der Waals surface area (Å²) in [5.74, 6) is 0.841. The molecule has 0 aromatic heterocycles. The number of ether oxygens (including phenoxy) is 1. The summed E-state index contributed by atoms with van der Waals surface area (Å²) in [5.41, 5.74) is 1.68. The minimum Gasteiger partial charge on any atom is -0.488 e. The maximum absolute atomic E-state index is 12.3. The van der Waals surface area contributed by atoms with E-state index in [1.807, 2.05) is 30.3 Å². The van der Waals surface area contributed by atoms with Gasteiger partial charge in [0.15, 0.2) is 0 Å². The van der Waals surface area contributed by atoms with Crippen LogP contribution in [0, 0.1) is 0 Å². The molecule has 2 aliphatic heterocycles. The number of fused-ring (bicyclic) bond motifs is 1. The van der Waals surface area contributed by atoms with Gasteiger partial charge in [-0.2, -0.15) is 0 Å². The van der Waals surface area contributed by atoms with Crippen LogP contribution in [0.2, 0.25) is 0 Å². The smallest absolute Gasteiger partial charge is 0.250 e. The molecule has 5 heteroatoms. The number of amides is 1. The van der Waals surface area contributed by atoms with E-state index in [9.17, 15) is 4.79 Å². The number of hydrogen-bond acceptors (Lipinski definition) is 4. The first-order chi connectivity index (χ1) is 12.3. The molecule has 2 aliphatic rings. The van der Waals surface area contributed by atoms with Crippen molar-refractivity contribution in [2.45, 2.75) is 19.8 Å². The summed E-state index contributed by atoms with van der Waals surface area (Å²) in [7, 11) is 0. The minimum absolute atomic E-state index is 0.00827. The van der Waals surface area contributed by atoms with E-state index in [2.05, 4.69) is 22.0 Å². The molecule has 1 saturated heterocycles. The number of para-hydroxylation sites is 1. The molecule has 0 atom stereocenters. The topological polar surface area (TPSA) is 44.8 Å². The Kier molecular flexibility index (Phi) is 6.48. The molecule has 1 aromatic carbocycles. The monoisotopic (exact) mass is 343 g/mol. The predicted molar refractivity (Wildman–Crippen MR) is 101 cm³/mol. The second-order valence-electron chi connectivity index (χ2n) is 6.73. The SMILES string of the molecule is CCN1CCN(CCCCNC(=O)C2=Cc3ccccc3OC2)CC1. The van der Waals surface area contributed by atoms with Gasteiger partial charge >= 0.3 is 0 Å². The van der Waals surface area contributed by atoms with Gasteiger partial charge in [0.2, 0.25) is 0 Å². The average Bonchev–Trinajstić information content (AvgIpc) is 2.67. The standard InChI is InChI=1S/C20H29N3O2/c1-2-22-11-13-23(14-12-22)10-6-5-9-21-20(24)18-15-17-7-3-4-8-19(17)25-16-18/h3-4,7-8,15H,2,5-6,9-14,16H2,1H3,(H,21,24). The number of unbranched alkanes of at least 4 members (excludes halogenated alkanes) is 1. The number of likely N-dealkylation sites (N-methyl/N-ethyl adjacent to an activating group) is 1. The van der Waals surface area contributed by atoms with Crippen LogP contribution < -0.4 is 10.1 Å². The molecule has 2 heterocycles. The van der Waals surface area contributed by atoms with Crippen molar-refractivity contribution < 1.29 is 9.53 Å². The Bertz CT molecular complexity index is 607. The van der Waals surface area contributed by atoms with E-state index in [0.717, 1.165) is 43.8 Å². The molecule has 0 radical (unpaired) electrons. The lowest BCUT2D eigenvalue weighted by atomic mass is 10.1. The summed E-state index contributed by atoms with van der Waals surface area (Å²) in [6.45, 7) is 10.3. The lowest BCUT2D eigenvalue weighted by molar-refractivity contribution is -0.117. The summed E-state index contributed by atoms with van der Waals surface area (Å²) >= 11 is 0. The third kappa shape index (κ3) is 5.06. The fourth-order valence-corrected chi connectivity index (χ4v) is 3.35. The van der Waals surface area contributed by atoms with Crippen molar-refractivity contribution in [1.29, 1.82) is 0 Å². The van der Waals surface area contributed by atoms with Gasteiger partial charge in [0.25, 0.3) is 5.91 Å². The highest BCUT2D eigenvalue weighted by molar-refractivity contribution is 5.99. The van der Waals surface area contributed by atoms with Crippen LogP contribution in [0.15, 0.2) is 29.8 Å². The van der Waals surface area contributed by atoms with Crippen LogP contribution in [-0.2, 0) is 4.79 Å². The molecule has 25 heavy (non-hydrogen) atoms. The number of benzene rings is 1. The van der Waals surface area contributed by atoms with Crippen LogP contribution in [0.1, 0.15) is 25.3 Å². The van der Waals surface area contributed by atoms with Crippen LogP contribution in [0.3, 0.4) is 0 Å². The van der Waals surface area contributed by atoms with Gasteiger partial charge in [0.1, 0.15) is 12.4 Å². The molecular formula is C20H29N3O2. The number of piperazine rings is 1. The zero-order valence-corrected chi connectivity index (χ0v) is 15.2. The van der Waals surface area contributed by atoms with Gasteiger partial charge in [-0.15, -0.1) is 0 Å². The van der Waals surface area contributed by atoms with E-state index in [-0.39, 0.29) is 5.91 Å². The van der Waals surface area contributed by atoms with Crippen molar-refractivity contribution in [3.8, 4) is 5.75 Å². The second kappa shape index (κ2) is 9.02. The predicted octanol–water partition coefficient (Wildman–Crippen LogP) is 2.00. The Hall–Kier alpha value is -1.85. The minimum atomic E-state index is -0.00827.